The van der Waals surface area contributed by atoms with Crippen LogP contribution in [0.15, 0.2) is 12.8 Å². The summed E-state index contributed by atoms with van der Waals surface area (Å²) >= 11 is 0. The highest BCUT2D eigenvalue weighted by atomic mass is 15.2. The van der Waals surface area contributed by atoms with E-state index in [0.717, 1.165) is 0 Å². The molecule has 1 heterocycles. The van der Waals surface area contributed by atoms with Crippen LogP contribution in [-0.2, 0) is 0 Å². The molecule has 0 bridgehead atoms. The van der Waals surface area contributed by atoms with Crippen molar-refractivity contribution < 1.29 is 0 Å². The largest absolute Gasteiger partial charge is 0.378 e. The van der Waals surface area contributed by atoms with Gasteiger partial charge in [-0.3, -0.25) is 0 Å². The van der Waals surface area contributed by atoms with Gasteiger partial charge in [0.15, 0.2) is 0 Å². The van der Waals surface area contributed by atoms with Crippen LogP contribution in [0.2, 0.25) is 0 Å². The fraction of sp³-hybridized carbons (Fsp3) is 0.833. The molecular weight excluding hydrogens is 172 g/mol. The lowest BCUT2D eigenvalue weighted by molar-refractivity contribution is 0.105. The zero-order valence-corrected chi connectivity index (χ0v) is 10.2. The van der Waals surface area contributed by atoms with Crippen molar-refractivity contribution in [3.05, 3.63) is 12.8 Å². The average Bonchev–Trinajstić information content (AvgIpc) is 1.97. The zero-order valence-electron chi connectivity index (χ0n) is 10.2. The maximum atomic E-state index is 3.84. The Hall–Kier alpha value is -0.500. The molecule has 0 saturated carbocycles. The number of rotatable bonds is 2. The molecule has 0 unspecified atom stereocenters. The van der Waals surface area contributed by atoms with Gasteiger partial charge < -0.3 is 10.2 Å². The number of nitrogens with zero attached hydrogens (tertiary/aromatic N) is 1. The topological polar surface area (TPSA) is 15.3 Å². The Labute approximate surface area is 88.4 Å². The highest BCUT2D eigenvalue weighted by molar-refractivity contribution is 5.00. The third-order valence-electron chi connectivity index (χ3n) is 3.03. The molecule has 2 heteroatoms. The van der Waals surface area contributed by atoms with E-state index in [2.05, 4.69) is 51.5 Å². The molecule has 82 valence electrons. The summed E-state index contributed by atoms with van der Waals surface area (Å²) in [6, 6.07) is 0.610. The van der Waals surface area contributed by atoms with E-state index in [1.165, 1.54) is 12.8 Å². The third-order valence-corrected chi connectivity index (χ3v) is 3.03. The van der Waals surface area contributed by atoms with Crippen LogP contribution in [-0.4, -0.2) is 29.1 Å². The van der Waals surface area contributed by atoms with E-state index in [0.29, 0.717) is 6.04 Å². The van der Waals surface area contributed by atoms with Gasteiger partial charge in [-0.25, -0.2) is 0 Å². The second kappa shape index (κ2) is 3.58. The first-order chi connectivity index (χ1) is 6.26. The Kier molecular flexibility index (Phi) is 2.96. The summed E-state index contributed by atoms with van der Waals surface area (Å²) in [6.45, 7) is 12.9. The number of piperidine rings is 1. The summed E-state index contributed by atoms with van der Waals surface area (Å²) in [5.74, 6) is 0. The summed E-state index contributed by atoms with van der Waals surface area (Å²) < 4.78 is 0. The predicted molar refractivity (Wildman–Crippen MR) is 62.3 cm³/mol. The summed E-state index contributed by atoms with van der Waals surface area (Å²) in [6.07, 6.45) is 4.29. The first kappa shape index (κ1) is 11.6. The van der Waals surface area contributed by atoms with Crippen molar-refractivity contribution in [2.24, 2.45) is 0 Å². The van der Waals surface area contributed by atoms with Gasteiger partial charge in [0.1, 0.15) is 0 Å². The van der Waals surface area contributed by atoms with E-state index < -0.39 is 0 Å². The van der Waals surface area contributed by atoms with Crippen molar-refractivity contribution >= 4 is 0 Å². The molecule has 0 aromatic carbocycles. The van der Waals surface area contributed by atoms with E-state index >= 15 is 0 Å². The van der Waals surface area contributed by atoms with Gasteiger partial charge in [0.25, 0.3) is 0 Å². The van der Waals surface area contributed by atoms with Gasteiger partial charge in [-0.2, -0.15) is 0 Å². The molecule has 1 N–H and O–H groups in total. The van der Waals surface area contributed by atoms with Crippen molar-refractivity contribution in [3.8, 4) is 0 Å². The molecule has 0 spiro atoms. The van der Waals surface area contributed by atoms with Gasteiger partial charge in [-0.15, -0.1) is 0 Å². The summed E-state index contributed by atoms with van der Waals surface area (Å²) in [7, 11) is 2.12. The summed E-state index contributed by atoms with van der Waals surface area (Å²) in [5.41, 5.74) is 0.452. The molecule has 2 nitrogen and oxygen atoms in total. The van der Waals surface area contributed by atoms with Crippen molar-refractivity contribution in [1.29, 1.82) is 0 Å². The molecule has 0 radical (unpaired) electrons. The van der Waals surface area contributed by atoms with Crippen LogP contribution in [0.25, 0.3) is 0 Å². The van der Waals surface area contributed by atoms with Crippen molar-refractivity contribution in [2.75, 3.05) is 7.05 Å². The lowest BCUT2D eigenvalue weighted by Crippen LogP contribution is -2.61. The Morgan fingerprint density at radius 2 is 1.64 bits per heavy atom. The van der Waals surface area contributed by atoms with Crippen molar-refractivity contribution in [1.82, 2.24) is 10.2 Å². The second-order valence-electron chi connectivity index (χ2n) is 5.80. The summed E-state index contributed by atoms with van der Waals surface area (Å²) in [5, 5.41) is 3.68. The molecule has 0 atom stereocenters. The van der Waals surface area contributed by atoms with Crippen molar-refractivity contribution in [3.63, 3.8) is 0 Å². The van der Waals surface area contributed by atoms with Crippen LogP contribution in [0.4, 0.5) is 0 Å². The van der Waals surface area contributed by atoms with E-state index in [-0.39, 0.29) is 11.1 Å². The van der Waals surface area contributed by atoms with Crippen molar-refractivity contribution in [2.45, 2.75) is 57.7 Å². The number of nitrogens with one attached hydrogen (secondary N) is 1. The molecule has 1 aliphatic rings. The van der Waals surface area contributed by atoms with E-state index in [4.69, 9.17) is 0 Å². The molecule has 0 aromatic rings. The predicted octanol–water partition coefficient (Wildman–Crippen LogP) is 2.37. The Morgan fingerprint density at radius 3 is 2.00 bits per heavy atom. The quantitative estimate of drug-likeness (QED) is 0.729. The van der Waals surface area contributed by atoms with Crippen LogP contribution in [0, 0.1) is 0 Å². The van der Waals surface area contributed by atoms with Crippen LogP contribution in [0.5, 0.6) is 0 Å². The fourth-order valence-electron chi connectivity index (χ4n) is 2.71. The van der Waals surface area contributed by atoms with E-state index in [9.17, 15) is 0 Å². The SMILES string of the molecule is C=CN(C)C1CC(C)(C)NC(C)(C)C1. The molecule has 14 heavy (non-hydrogen) atoms. The lowest BCUT2D eigenvalue weighted by atomic mass is 9.79. The number of hydrogen-bond acceptors (Lipinski definition) is 2. The first-order valence-corrected chi connectivity index (χ1v) is 5.40. The molecule has 0 aliphatic carbocycles. The smallest absolute Gasteiger partial charge is 0.0315 e. The standard InChI is InChI=1S/C12H24N2/c1-7-14(6)10-8-11(2,3)13-12(4,5)9-10/h7,10,13H,1,8-9H2,2-6H3. The monoisotopic (exact) mass is 196 g/mol. The van der Waals surface area contributed by atoms with Crippen LogP contribution in [0.1, 0.15) is 40.5 Å². The molecule has 0 aromatic heterocycles. The van der Waals surface area contributed by atoms with Gasteiger partial charge >= 0.3 is 0 Å². The second-order valence-corrected chi connectivity index (χ2v) is 5.80. The van der Waals surface area contributed by atoms with Gasteiger partial charge in [0.2, 0.25) is 0 Å². The van der Waals surface area contributed by atoms with E-state index in [1.54, 1.807) is 0 Å². The summed E-state index contributed by atoms with van der Waals surface area (Å²) in [4.78, 5) is 2.24. The van der Waals surface area contributed by atoms with Gasteiger partial charge in [-0.1, -0.05) is 6.58 Å². The minimum atomic E-state index is 0.226. The Morgan fingerprint density at radius 1 is 1.21 bits per heavy atom. The maximum Gasteiger partial charge on any atom is 0.0315 e. The van der Waals surface area contributed by atoms with Gasteiger partial charge in [0, 0.05) is 24.2 Å². The lowest BCUT2D eigenvalue weighted by Gasteiger charge is -2.48. The third kappa shape index (κ3) is 2.74. The first-order valence-electron chi connectivity index (χ1n) is 5.40. The van der Waals surface area contributed by atoms with Crippen LogP contribution in [0.3, 0.4) is 0 Å². The van der Waals surface area contributed by atoms with Crippen LogP contribution < -0.4 is 5.32 Å². The molecule has 1 aliphatic heterocycles. The van der Waals surface area contributed by atoms with Gasteiger partial charge in [-0.05, 0) is 46.7 Å². The average molecular weight is 196 g/mol. The number of hydrogen-bond donors (Lipinski definition) is 1. The van der Waals surface area contributed by atoms with Gasteiger partial charge in [0.05, 0.1) is 0 Å². The maximum absolute atomic E-state index is 3.84. The fourth-order valence-corrected chi connectivity index (χ4v) is 2.71. The minimum Gasteiger partial charge on any atom is -0.378 e. The minimum absolute atomic E-state index is 0.226. The Balaban J connectivity index is 2.76. The normalized spacial score (nSPS) is 25.8. The zero-order chi connectivity index (χ0) is 11.0. The van der Waals surface area contributed by atoms with E-state index in [1.807, 2.05) is 6.20 Å². The van der Waals surface area contributed by atoms with Crippen LogP contribution >= 0.6 is 0 Å². The molecule has 1 rings (SSSR count). The Bertz CT molecular complexity index is 202. The molecule has 1 saturated heterocycles. The molecular formula is C12H24N2. The highest BCUT2D eigenvalue weighted by Crippen LogP contribution is 2.30. The highest BCUT2D eigenvalue weighted by Gasteiger charge is 2.38. The molecule has 1 fully saturated rings. The molecule has 0 amide bonds.